The zero-order valence-electron chi connectivity index (χ0n) is 6.08. The molecule has 0 unspecified atom stereocenters. The van der Waals surface area contributed by atoms with Gasteiger partial charge in [-0.05, 0) is 17.7 Å². The molecule has 0 saturated carbocycles. The number of nitriles is 1. The van der Waals surface area contributed by atoms with E-state index in [9.17, 15) is 0 Å². The largest absolute Gasteiger partial charge is 0.212 e. The van der Waals surface area contributed by atoms with Crippen LogP contribution in [0.25, 0.3) is 0 Å². The van der Waals surface area contributed by atoms with Crippen molar-refractivity contribution in [3.05, 3.63) is 35.4 Å². The molecule has 0 saturated heterocycles. The van der Waals surface area contributed by atoms with E-state index in [4.69, 9.17) is 5.26 Å². The molecule has 11 heavy (non-hydrogen) atoms. The Kier molecular flexibility index (Phi) is 2.61. The molecule has 0 fully saturated rings. The first-order valence-electron chi connectivity index (χ1n) is 3.23. The topological polar surface area (TPSA) is 60.7 Å². The van der Waals surface area contributed by atoms with Gasteiger partial charge < -0.3 is 0 Å². The highest BCUT2D eigenvalue weighted by atomic mass is 16.6. The van der Waals surface area contributed by atoms with E-state index < -0.39 is 0 Å². The number of hydrogen-bond donors (Lipinski definition) is 1. The van der Waals surface area contributed by atoms with Crippen molar-refractivity contribution in [1.29, 1.82) is 5.26 Å². The van der Waals surface area contributed by atoms with E-state index in [0.29, 0.717) is 12.2 Å². The summed E-state index contributed by atoms with van der Waals surface area (Å²) in [5.41, 5.74) is 1.62. The molecule has 0 spiro atoms. The van der Waals surface area contributed by atoms with Crippen LogP contribution in [0.15, 0.2) is 24.3 Å². The summed E-state index contributed by atoms with van der Waals surface area (Å²) in [5.74, 6) is 3.25. The molecule has 0 atom stereocenters. The SMILES string of the molecule is N#Cc1cccc(CO[NH3+])c1. The van der Waals surface area contributed by atoms with Gasteiger partial charge in [0.05, 0.1) is 11.6 Å². The van der Waals surface area contributed by atoms with Gasteiger partial charge in [0.1, 0.15) is 6.61 Å². The zero-order chi connectivity index (χ0) is 8.10. The van der Waals surface area contributed by atoms with Crippen molar-refractivity contribution in [2.75, 3.05) is 0 Å². The lowest BCUT2D eigenvalue weighted by Gasteiger charge is -1.95. The van der Waals surface area contributed by atoms with Crippen LogP contribution in [0.1, 0.15) is 11.1 Å². The van der Waals surface area contributed by atoms with Crippen LogP contribution in [0.4, 0.5) is 0 Å². The van der Waals surface area contributed by atoms with Crippen LogP contribution >= 0.6 is 0 Å². The van der Waals surface area contributed by atoms with Gasteiger partial charge in [0.15, 0.2) is 0 Å². The smallest absolute Gasteiger partial charge is 0.131 e. The molecule has 0 radical (unpaired) electrons. The molecule has 0 aliphatic heterocycles. The standard InChI is InChI=1S/C8H9N2O/c9-5-7-2-1-3-8(4-7)6-11-10/h1-4H,6H2,10H3/q+1. The Labute approximate surface area is 65.0 Å². The minimum atomic E-state index is 0.454. The summed E-state index contributed by atoms with van der Waals surface area (Å²) in [6.45, 7) is 0.454. The summed E-state index contributed by atoms with van der Waals surface area (Å²) >= 11 is 0. The quantitative estimate of drug-likeness (QED) is 0.612. The van der Waals surface area contributed by atoms with Gasteiger partial charge in [-0.2, -0.15) is 5.26 Å². The second-order valence-electron chi connectivity index (χ2n) is 2.16. The molecule has 3 N–H and O–H groups in total. The third-order valence-corrected chi connectivity index (χ3v) is 1.32. The molecule has 3 nitrogen and oxygen atoms in total. The number of benzene rings is 1. The van der Waals surface area contributed by atoms with Crippen molar-refractivity contribution in [2.45, 2.75) is 6.61 Å². The minimum Gasteiger partial charge on any atom is -0.212 e. The number of quaternary nitrogens is 1. The molecule has 0 aliphatic carbocycles. The predicted molar refractivity (Wildman–Crippen MR) is 38.8 cm³/mol. The molecule has 1 aromatic rings. The first kappa shape index (κ1) is 7.73. The third-order valence-electron chi connectivity index (χ3n) is 1.32. The molecule has 56 valence electrons. The molecule has 0 aliphatic rings. The molecule has 0 heterocycles. The molecule has 0 amide bonds. The van der Waals surface area contributed by atoms with Gasteiger partial charge in [-0.1, -0.05) is 12.1 Å². The maximum atomic E-state index is 8.52. The van der Waals surface area contributed by atoms with E-state index >= 15 is 0 Å². The summed E-state index contributed by atoms with van der Waals surface area (Å²) in [6, 6.07) is 9.31. The van der Waals surface area contributed by atoms with Gasteiger partial charge in [0, 0.05) is 0 Å². The van der Waals surface area contributed by atoms with Gasteiger partial charge in [-0.15, -0.1) is 0 Å². The molecular weight excluding hydrogens is 140 g/mol. The Hall–Kier alpha value is -1.37. The van der Waals surface area contributed by atoms with E-state index in [2.05, 4.69) is 10.7 Å². The number of rotatable bonds is 2. The Bertz CT molecular complexity index is 278. The van der Waals surface area contributed by atoms with Crippen LogP contribution < -0.4 is 5.90 Å². The lowest BCUT2D eigenvalue weighted by molar-refractivity contribution is -0.695. The Balaban J connectivity index is 2.85. The van der Waals surface area contributed by atoms with Crippen molar-refractivity contribution in [3.63, 3.8) is 0 Å². The van der Waals surface area contributed by atoms with Crippen LogP contribution in [0.3, 0.4) is 0 Å². The highest BCUT2D eigenvalue weighted by Crippen LogP contribution is 2.03. The highest BCUT2D eigenvalue weighted by molar-refractivity contribution is 5.32. The van der Waals surface area contributed by atoms with E-state index in [-0.39, 0.29) is 0 Å². The van der Waals surface area contributed by atoms with E-state index in [1.807, 2.05) is 18.2 Å². The van der Waals surface area contributed by atoms with Crippen LogP contribution in [-0.4, -0.2) is 0 Å². The Morgan fingerprint density at radius 3 is 3.00 bits per heavy atom. The van der Waals surface area contributed by atoms with Crippen molar-refractivity contribution in [3.8, 4) is 6.07 Å². The summed E-state index contributed by atoms with van der Waals surface area (Å²) in [6.07, 6.45) is 0. The normalized spacial score (nSPS) is 9.09. The average Bonchev–Trinajstić information content (AvgIpc) is 2.06. The third kappa shape index (κ3) is 2.04. The first-order chi connectivity index (χ1) is 5.36. The van der Waals surface area contributed by atoms with Crippen molar-refractivity contribution < 1.29 is 10.7 Å². The lowest BCUT2D eigenvalue weighted by Crippen LogP contribution is -2.48. The molecular formula is C8H9N2O+. The molecule has 0 aromatic heterocycles. The minimum absolute atomic E-state index is 0.454. The Morgan fingerprint density at radius 2 is 2.36 bits per heavy atom. The van der Waals surface area contributed by atoms with Crippen molar-refractivity contribution in [1.82, 2.24) is 0 Å². The fraction of sp³-hybridized carbons (Fsp3) is 0.125. The molecule has 1 aromatic carbocycles. The maximum absolute atomic E-state index is 8.52. The second-order valence-corrected chi connectivity index (χ2v) is 2.16. The van der Waals surface area contributed by atoms with E-state index in [1.165, 1.54) is 0 Å². The van der Waals surface area contributed by atoms with Gasteiger partial charge in [0.2, 0.25) is 0 Å². The second kappa shape index (κ2) is 3.71. The van der Waals surface area contributed by atoms with Crippen molar-refractivity contribution >= 4 is 0 Å². The van der Waals surface area contributed by atoms with E-state index in [0.717, 1.165) is 5.56 Å². The van der Waals surface area contributed by atoms with Gasteiger partial charge in [-0.25, -0.2) is 10.7 Å². The highest BCUT2D eigenvalue weighted by Gasteiger charge is 1.94. The average molecular weight is 149 g/mol. The monoisotopic (exact) mass is 149 g/mol. The number of hydrogen-bond acceptors (Lipinski definition) is 2. The summed E-state index contributed by atoms with van der Waals surface area (Å²) in [4.78, 5) is 4.67. The summed E-state index contributed by atoms with van der Waals surface area (Å²) in [7, 11) is 0. The fourth-order valence-electron chi connectivity index (χ4n) is 0.849. The van der Waals surface area contributed by atoms with Crippen molar-refractivity contribution in [2.24, 2.45) is 0 Å². The van der Waals surface area contributed by atoms with Crippen LogP contribution in [0.5, 0.6) is 0 Å². The number of nitrogens with zero attached hydrogens (tertiary/aromatic N) is 1. The van der Waals surface area contributed by atoms with Crippen LogP contribution in [0, 0.1) is 11.3 Å². The Morgan fingerprint density at radius 1 is 1.55 bits per heavy atom. The summed E-state index contributed by atoms with van der Waals surface area (Å²) < 4.78 is 0. The van der Waals surface area contributed by atoms with Gasteiger partial charge in [0.25, 0.3) is 0 Å². The van der Waals surface area contributed by atoms with Gasteiger partial charge in [-0.3, -0.25) is 0 Å². The molecule has 3 heteroatoms. The predicted octanol–water partition coefficient (Wildman–Crippen LogP) is 0.232. The zero-order valence-corrected chi connectivity index (χ0v) is 6.08. The summed E-state index contributed by atoms with van der Waals surface area (Å²) in [5, 5.41) is 8.52. The molecule has 1 rings (SSSR count). The fourth-order valence-corrected chi connectivity index (χ4v) is 0.849. The van der Waals surface area contributed by atoms with Gasteiger partial charge >= 0.3 is 0 Å². The maximum Gasteiger partial charge on any atom is 0.131 e. The first-order valence-corrected chi connectivity index (χ1v) is 3.23. The molecule has 0 bridgehead atoms. The van der Waals surface area contributed by atoms with Crippen LogP contribution in [0.2, 0.25) is 0 Å². The lowest BCUT2D eigenvalue weighted by atomic mass is 10.1. The van der Waals surface area contributed by atoms with Crippen LogP contribution in [-0.2, 0) is 11.4 Å². The van der Waals surface area contributed by atoms with E-state index in [1.54, 1.807) is 12.1 Å².